The van der Waals surface area contributed by atoms with Gasteiger partial charge >= 0.3 is 0 Å². The second kappa shape index (κ2) is 8.26. The number of aliphatic hydroxyl groups excluding tert-OH is 1. The Bertz CT molecular complexity index is 1160. The van der Waals surface area contributed by atoms with Crippen molar-refractivity contribution in [2.75, 3.05) is 14.2 Å². The Balaban J connectivity index is 2.17. The number of ether oxygens (including phenoxy) is 2. The summed E-state index contributed by atoms with van der Waals surface area (Å²) < 4.78 is 15.8. The number of fused-ring (bicyclic) bond motifs is 1. The van der Waals surface area contributed by atoms with Crippen LogP contribution in [0.2, 0.25) is 0 Å². The average Bonchev–Trinajstić information content (AvgIpc) is 3.20. The van der Waals surface area contributed by atoms with E-state index in [2.05, 4.69) is 5.87 Å². The highest BCUT2D eigenvalue weighted by Crippen LogP contribution is 2.41. The van der Waals surface area contributed by atoms with E-state index in [0.29, 0.717) is 22.3 Å². The van der Waals surface area contributed by atoms with Crippen molar-refractivity contribution in [1.82, 2.24) is 0 Å². The van der Waals surface area contributed by atoms with Gasteiger partial charge in [-0.15, -0.1) is 0 Å². The first kappa shape index (κ1) is 19.6. The van der Waals surface area contributed by atoms with Crippen LogP contribution in [0.25, 0.3) is 16.7 Å². The molecule has 0 bridgehead atoms. The average molecular weight is 390 g/mol. The lowest BCUT2D eigenvalue weighted by Crippen LogP contribution is -2.02. The molecule has 3 rings (SSSR count). The molecule has 7 heteroatoms. The van der Waals surface area contributed by atoms with Crippen molar-refractivity contribution in [1.29, 1.82) is 10.7 Å². The zero-order valence-electron chi connectivity index (χ0n) is 15.8. The third-order valence-corrected chi connectivity index (χ3v) is 4.52. The smallest absolute Gasteiger partial charge is 0.144 e. The Morgan fingerprint density at radius 2 is 1.93 bits per heavy atom. The lowest BCUT2D eigenvalue weighted by Gasteiger charge is -2.15. The summed E-state index contributed by atoms with van der Waals surface area (Å²) in [6, 6.07) is 11.8. The molecule has 7 nitrogen and oxygen atoms in total. The van der Waals surface area contributed by atoms with Crippen LogP contribution in [0.15, 0.2) is 58.7 Å². The molecule has 146 valence electrons. The Kier molecular flexibility index (Phi) is 5.59. The van der Waals surface area contributed by atoms with Crippen LogP contribution in [0.1, 0.15) is 17.0 Å². The van der Waals surface area contributed by atoms with Gasteiger partial charge in [-0.2, -0.15) is 5.26 Å². The molecule has 3 N–H and O–H groups in total. The largest absolute Gasteiger partial charge is 0.507 e. The minimum Gasteiger partial charge on any atom is -0.507 e. The van der Waals surface area contributed by atoms with E-state index >= 15 is 0 Å². The number of phenolic OH excluding ortho intramolecular Hbond substituents is 1. The molecule has 1 aromatic heterocycles. The van der Waals surface area contributed by atoms with Gasteiger partial charge in [0.05, 0.1) is 25.9 Å². The van der Waals surface area contributed by atoms with Crippen LogP contribution in [0.5, 0.6) is 17.2 Å². The van der Waals surface area contributed by atoms with E-state index in [0.717, 1.165) is 0 Å². The molecule has 0 aliphatic heterocycles. The van der Waals surface area contributed by atoms with Gasteiger partial charge in [0, 0.05) is 12.0 Å². The van der Waals surface area contributed by atoms with Crippen molar-refractivity contribution in [2.24, 2.45) is 0 Å². The van der Waals surface area contributed by atoms with Gasteiger partial charge < -0.3 is 24.1 Å². The van der Waals surface area contributed by atoms with E-state index in [1.807, 2.05) is 6.07 Å². The fraction of sp³-hybridized carbons (Fsp3) is 0.136. The van der Waals surface area contributed by atoms with E-state index in [1.165, 1.54) is 32.6 Å². The van der Waals surface area contributed by atoms with E-state index in [9.17, 15) is 15.5 Å². The van der Waals surface area contributed by atoms with Gasteiger partial charge in [0.1, 0.15) is 45.8 Å². The molecule has 0 aliphatic carbocycles. The topological polar surface area (TPSA) is 120 Å². The molecule has 0 amide bonds. The molecular formula is C22H18N2O5. The second-order valence-corrected chi connectivity index (χ2v) is 6.09. The first-order valence-corrected chi connectivity index (χ1v) is 8.56. The van der Waals surface area contributed by atoms with Crippen molar-refractivity contribution in [2.45, 2.75) is 5.92 Å². The summed E-state index contributed by atoms with van der Waals surface area (Å²) in [5.41, 5.74) is 1.09. The van der Waals surface area contributed by atoms with E-state index in [-0.39, 0.29) is 28.4 Å². The lowest BCUT2D eigenvalue weighted by molar-refractivity contribution is 0.402. The van der Waals surface area contributed by atoms with Crippen LogP contribution < -0.4 is 9.47 Å². The number of aliphatic hydroxyl groups is 1. The molecule has 0 radical (unpaired) electrons. The molecule has 1 heterocycles. The Labute approximate surface area is 166 Å². The highest BCUT2D eigenvalue weighted by atomic mass is 16.5. The van der Waals surface area contributed by atoms with Crippen molar-refractivity contribution in [3.8, 4) is 23.3 Å². The molecule has 0 fully saturated rings. The predicted molar refractivity (Wildman–Crippen MR) is 108 cm³/mol. The standard InChI is InChI=1S/C22H18N2O5/c1-27-15-5-3-13(4-6-15)17(14(11-23)12-24)9-18(25)21-19(26)10-20-16(7-8-29-20)22(21)28-2/h3-10,17,23,25-26H,1-2H3/b18-9-. The van der Waals surface area contributed by atoms with Crippen molar-refractivity contribution < 1.29 is 24.1 Å². The third-order valence-electron chi connectivity index (χ3n) is 4.52. The fourth-order valence-electron chi connectivity index (χ4n) is 3.10. The molecule has 0 saturated carbocycles. The van der Waals surface area contributed by atoms with Gasteiger partial charge in [-0.3, -0.25) is 5.41 Å². The number of hydrogen-bond donors (Lipinski definition) is 3. The summed E-state index contributed by atoms with van der Waals surface area (Å²) >= 11 is 0. The Morgan fingerprint density at radius 3 is 2.52 bits per heavy atom. The number of nitrogens with one attached hydrogen (secondary N) is 1. The minimum absolute atomic E-state index is 0.00966. The Hall–Kier alpha value is -4.14. The normalized spacial score (nSPS) is 12.1. The summed E-state index contributed by atoms with van der Waals surface area (Å²) in [6.07, 6.45) is 2.81. The first-order chi connectivity index (χ1) is 14.0. The van der Waals surface area contributed by atoms with E-state index < -0.39 is 5.92 Å². The molecule has 3 aromatic rings. The van der Waals surface area contributed by atoms with Crippen molar-refractivity contribution in [3.05, 3.63) is 65.4 Å². The number of furan rings is 1. The fourth-order valence-corrected chi connectivity index (χ4v) is 3.10. The van der Waals surface area contributed by atoms with E-state index in [4.69, 9.17) is 19.3 Å². The number of benzene rings is 2. The summed E-state index contributed by atoms with van der Waals surface area (Å²) in [6.45, 7) is 0. The minimum atomic E-state index is -0.771. The number of allylic oxidation sites excluding steroid dienone is 2. The zero-order chi connectivity index (χ0) is 21.0. The molecule has 0 saturated heterocycles. The van der Waals surface area contributed by atoms with E-state index in [1.54, 1.807) is 30.3 Å². The van der Waals surface area contributed by atoms with Gasteiger partial charge in [-0.25, -0.2) is 0 Å². The highest BCUT2D eigenvalue weighted by molar-refractivity contribution is 5.92. The molecule has 0 spiro atoms. The van der Waals surface area contributed by atoms with Gasteiger partial charge in [0.2, 0.25) is 0 Å². The number of nitriles is 1. The maximum absolute atomic E-state index is 10.8. The zero-order valence-corrected chi connectivity index (χ0v) is 15.8. The molecule has 1 atom stereocenters. The van der Waals surface area contributed by atoms with Gasteiger partial charge in [-0.05, 0) is 35.7 Å². The van der Waals surface area contributed by atoms with Crippen LogP contribution >= 0.6 is 0 Å². The van der Waals surface area contributed by atoms with Crippen LogP contribution in [0.3, 0.4) is 0 Å². The quantitative estimate of drug-likeness (QED) is 0.323. The number of methoxy groups -OCH3 is 2. The van der Waals surface area contributed by atoms with Crippen LogP contribution in [0, 0.1) is 16.7 Å². The molecule has 0 aliphatic rings. The molecular weight excluding hydrogens is 372 g/mol. The monoisotopic (exact) mass is 390 g/mol. The summed E-state index contributed by atoms with van der Waals surface area (Å²) in [5.74, 6) is 1.64. The second-order valence-electron chi connectivity index (χ2n) is 6.09. The summed E-state index contributed by atoms with van der Waals surface area (Å²) in [5, 5.41) is 38.7. The van der Waals surface area contributed by atoms with Gasteiger partial charge in [0.25, 0.3) is 0 Å². The maximum Gasteiger partial charge on any atom is 0.144 e. The number of rotatable bonds is 6. The number of phenols is 1. The van der Waals surface area contributed by atoms with Crippen molar-refractivity contribution in [3.63, 3.8) is 0 Å². The van der Waals surface area contributed by atoms with Crippen molar-refractivity contribution >= 4 is 22.6 Å². The van der Waals surface area contributed by atoms with Crippen LogP contribution in [-0.2, 0) is 0 Å². The van der Waals surface area contributed by atoms with Crippen LogP contribution in [0.4, 0.5) is 0 Å². The summed E-state index contributed by atoms with van der Waals surface area (Å²) in [7, 11) is 2.95. The predicted octanol–water partition coefficient (Wildman–Crippen LogP) is 4.54. The Morgan fingerprint density at radius 1 is 1.21 bits per heavy atom. The van der Waals surface area contributed by atoms with Gasteiger partial charge in [0.15, 0.2) is 0 Å². The lowest BCUT2D eigenvalue weighted by atomic mass is 9.90. The number of hydrogen-bond acceptors (Lipinski definition) is 7. The first-order valence-electron chi connectivity index (χ1n) is 8.56. The third kappa shape index (κ3) is 3.65. The highest BCUT2D eigenvalue weighted by Gasteiger charge is 2.22. The SMILES string of the molecule is COc1ccc(C(/C=C(\O)c2c(O)cc3occc3c2OC)C(=C=N)C#N)cc1. The van der Waals surface area contributed by atoms with Crippen LogP contribution in [-0.4, -0.2) is 30.3 Å². The molecule has 2 aromatic carbocycles. The molecule has 29 heavy (non-hydrogen) atoms. The number of aromatic hydroxyl groups is 1. The molecule has 1 unspecified atom stereocenters. The van der Waals surface area contributed by atoms with Gasteiger partial charge in [-0.1, -0.05) is 12.1 Å². The maximum atomic E-state index is 10.8. The number of nitrogens with zero attached hydrogens (tertiary/aromatic N) is 1. The summed E-state index contributed by atoms with van der Waals surface area (Å²) in [4.78, 5) is 0.